The Morgan fingerprint density at radius 3 is 2.67 bits per heavy atom. The van der Waals surface area contributed by atoms with Crippen LogP contribution in [0.2, 0.25) is 0 Å². The second-order valence-corrected chi connectivity index (χ2v) is 5.68. The van der Waals surface area contributed by atoms with Gasteiger partial charge in [0.05, 0.1) is 0 Å². The Hall–Kier alpha value is -2.95. The van der Waals surface area contributed by atoms with E-state index in [1.807, 2.05) is 36.4 Å². The van der Waals surface area contributed by atoms with Crippen molar-refractivity contribution in [3.8, 4) is 11.5 Å². The molecule has 1 heterocycles. The second-order valence-electron chi connectivity index (χ2n) is 5.68. The number of anilines is 1. The largest absolute Gasteiger partial charge is 0.421 e. The fourth-order valence-electron chi connectivity index (χ4n) is 2.51. The molecule has 0 bridgehead atoms. The van der Waals surface area contributed by atoms with Gasteiger partial charge in [0.1, 0.15) is 0 Å². The van der Waals surface area contributed by atoms with Crippen LogP contribution in [0.15, 0.2) is 52.9 Å². The van der Waals surface area contributed by atoms with Crippen molar-refractivity contribution in [1.29, 1.82) is 0 Å². The Balaban J connectivity index is 1.63. The van der Waals surface area contributed by atoms with E-state index in [4.69, 9.17) is 4.42 Å². The first-order chi connectivity index (χ1) is 11.6. The van der Waals surface area contributed by atoms with Crippen LogP contribution in [-0.4, -0.2) is 16.1 Å². The van der Waals surface area contributed by atoms with Crippen molar-refractivity contribution in [2.24, 2.45) is 0 Å². The van der Waals surface area contributed by atoms with E-state index < -0.39 is 0 Å². The van der Waals surface area contributed by atoms with Crippen molar-refractivity contribution >= 4 is 11.6 Å². The number of nitrogens with one attached hydrogen (secondary N) is 1. The SMILES string of the molecule is Cc1nnc(-c2cccc(NC(=O)CCc3ccccc3C)c2)o1. The zero-order chi connectivity index (χ0) is 16.9. The minimum Gasteiger partial charge on any atom is -0.421 e. The number of carbonyl (C=O) groups excluding carboxylic acids is 1. The van der Waals surface area contributed by atoms with Gasteiger partial charge >= 0.3 is 0 Å². The summed E-state index contributed by atoms with van der Waals surface area (Å²) >= 11 is 0. The maximum atomic E-state index is 12.2. The number of amides is 1. The lowest BCUT2D eigenvalue weighted by atomic mass is 10.0. The average molecular weight is 321 g/mol. The van der Waals surface area contributed by atoms with Gasteiger partial charge < -0.3 is 9.73 Å². The van der Waals surface area contributed by atoms with E-state index in [9.17, 15) is 4.79 Å². The summed E-state index contributed by atoms with van der Waals surface area (Å²) in [6, 6.07) is 15.5. The normalized spacial score (nSPS) is 10.6. The van der Waals surface area contributed by atoms with Crippen LogP contribution in [0.25, 0.3) is 11.5 Å². The van der Waals surface area contributed by atoms with Gasteiger partial charge in [-0.25, -0.2) is 0 Å². The molecule has 5 nitrogen and oxygen atoms in total. The molecule has 0 atom stereocenters. The van der Waals surface area contributed by atoms with Crippen molar-refractivity contribution in [2.75, 3.05) is 5.32 Å². The maximum absolute atomic E-state index is 12.2. The molecule has 0 unspecified atom stereocenters. The lowest BCUT2D eigenvalue weighted by Crippen LogP contribution is -2.12. The van der Waals surface area contributed by atoms with E-state index in [1.54, 1.807) is 6.92 Å². The van der Waals surface area contributed by atoms with Crippen LogP contribution in [0, 0.1) is 13.8 Å². The molecule has 0 aliphatic carbocycles. The first-order valence-electron chi connectivity index (χ1n) is 7.87. The van der Waals surface area contributed by atoms with Gasteiger partial charge in [-0.3, -0.25) is 4.79 Å². The lowest BCUT2D eigenvalue weighted by molar-refractivity contribution is -0.116. The fraction of sp³-hybridized carbons (Fsp3) is 0.211. The van der Waals surface area contributed by atoms with Crippen molar-refractivity contribution in [3.63, 3.8) is 0 Å². The van der Waals surface area contributed by atoms with Gasteiger partial charge in [-0.15, -0.1) is 10.2 Å². The van der Waals surface area contributed by atoms with Gasteiger partial charge in [0.15, 0.2) is 0 Å². The molecule has 1 aromatic heterocycles. The molecular formula is C19H19N3O2. The Kier molecular flexibility index (Phi) is 4.70. The van der Waals surface area contributed by atoms with Crippen LogP contribution >= 0.6 is 0 Å². The molecule has 1 N–H and O–H groups in total. The molecule has 5 heteroatoms. The number of aromatic nitrogens is 2. The van der Waals surface area contributed by atoms with Crippen LogP contribution in [0.4, 0.5) is 5.69 Å². The predicted octanol–water partition coefficient (Wildman–Crippen LogP) is 3.92. The summed E-state index contributed by atoms with van der Waals surface area (Å²) in [6.45, 7) is 3.80. The number of benzene rings is 2. The first kappa shape index (κ1) is 15.9. The number of hydrogen-bond acceptors (Lipinski definition) is 4. The highest BCUT2D eigenvalue weighted by Gasteiger charge is 2.09. The van der Waals surface area contributed by atoms with Gasteiger partial charge in [0, 0.05) is 24.6 Å². The number of carbonyl (C=O) groups is 1. The van der Waals surface area contributed by atoms with E-state index in [-0.39, 0.29) is 5.91 Å². The number of hydrogen-bond donors (Lipinski definition) is 1. The van der Waals surface area contributed by atoms with Gasteiger partial charge in [0.25, 0.3) is 0 Å². The lowest BCUT2D eigenvalue weighted by Gasteiger charge is -2.07. The molecule has 0 aliphatic rings. The van der Waals surface area contributed by atoms with E-state index in [0.717, 1.165) is 17.7 Å². The Bertz CT molecular complexity index is 855. The Labute approximate surface area is 140 Å². The smallest absolute Gasteiger partial charge is 0.247 e. The molecule has 3 aromatic rings. The van der Waals surface area contributed by atoms with Crippen LogP contribution < -0.4 is 5.32 Å². The molecule has 2 aromatic carbocycles. The Morgan fingerprint density at radius 1 is 1.08 bits per heavy atom. The summed E-state index contributed by atoms with van der Waals surface area (Å²) in [4.78, 5) is 12.2. The third-order valence-electron chi connectivity index (χ3n) is 3.80. The van der Waals surface area contributed by atoms with E-state index in [0.29, 0.717) is 18.2 Å². The van der Waals surface area contributed by atoms with Crippen molar-refractivity contribution in [1.82, 2.24) is 10.2 Å². The minimum atomic E-state index is -0.0166. The number of rotatable bonds is 5. The zero-order valence-electron chi connectivity index (χ0n) is 13.7. The summed E-state index contributed by atoms with van der Waals surface area (Å²) in [7, 11) is 0. The van der Waals surface area contributed by atoms with Crippen LogP contribution in [0.3, 0.4) is 0 Å². The molecule has 0 saturated heterocycles. The Morgan fingerprint density at radius 2 is 1.92 bits per heavy atom. The van der Waals surface area contributed by atoms with Crippen LogP contribution in [0.1, 0.15) is 23.4 Å². The van der Waals surface area contributed by atoms with Crippen molar-refractivity contribution in [3.05, 3.63) is 65.5 Å². The van der Waals surface area contributed by atoms with Crippen LogP contribution in [-0.2, 0) is 11.2 Å². The van der Waals surface area contributed by atoms with E-state index in [1.165, 1.54) is 11.1 Å². The topological polar surface area (TPSA) is 68.0 Å². The van der Waals surface area contributed by atoms with Crippen molar-refractivity contribution in [2.45, 2.75) is 26.7 Å². The average Bonchev–Trinajstić information content (AvgIpc) is 3.01. The van der Waals surface area contributed by atoms with Gasteiger partial charge in [-0.05, 0) is 42.7 Å². The zero-order valence-corrected chi connectivity index (χ0v) is 13.7. The van der Waals surface area contributed by atoms with Gasteiger partial charge in [0.2, 0.25) is 17.7 Å². The molecule has 3 rings (SSSR count). The summed E-state index contributed by atoms with van der Waals surface area (Å²) in [5, 5.41) is 10.7. The molecule has 0 fully saturated rings. The van der Waals surface area contributed by atoms with E-state index >= 15 is 0 Å². The fourth-order valence-corrected chi connectivity index (χ4v) is 2.51. The predicted molar refractivity (Wildman–Crippen MR) is 92.6 cm³/mol. The minimum absolute atomic E-state index is 0.0166. The molecule has 0 radical (unpaired) electrons. The number of nitrogens with zero attached hydrogens (tertiary/aromatic N) is 2. The molecule has 122 valence electrons. The van der Waals surface area contributed by atoms with Gasteiger partial charge in [-0.2, -0.15) is 0 Å². The molecule has 0 spiro atoms. The van der Waals surface area contributed by atoms with Crippen molar-refractivity contribution < 1.29 is 9.21 Å². The molecular weight excluding hydrogens is 302 g/mol. The summed E-state index contributed by atoms with van der Waals surface area (Å²) in [6.07, 6.45) is 1.16. The summed E-state index contributed by atoms with van der Waals surface area (Å²) in [5.41, 5.74) is 3.91. The second kappa shape index (κ2) is 7.08. The van der Waals surface area contributed by atoms with E-state index in [2.05, 4.69) is 34.6 Å². The highest BCUT2D eigenvalue weighted by atomic mass is 16.4. The molecule has 0 saturated carbocycles. The maximum Gasteiger partial charge on any atom is 0.247 e. The first-order valence-corrected chi connectivity index (χ1v) is 7.87. The third-order valence-corrected chi connectivity index (χ3v) is 3.80. The van der Waals surface area contributed by atoms with Crippen LogP contribution in [0.5, 0.6) is 0 Å². The van der Waals surface area contributed by atoms with Gasteiger partial charge in [-0.1, -0.05) is 30.3 Å². The highest BCUT2D eigenvalue weighted by Crippen LogP contribution is 2.21. The molecule has 24 heavy (non-hydrogen) atoms. The molecule has 1 amide bonds. The monoisotopic (exact) mass is 321 g/mol. The number of aryl methyl sites for hydroxylation is 3. The molecule has 0 aliphatic heterocycles. The standard InChI is InChI=1S/C19H19N3O2/c1-13-6-3-4-7-15(13)10-11-18(23)20-17-9-5-8-16(12-17)19-22-21-14(2)24-19/h3-9,12H,10-11H2,1-2H3,(H,20,23). The summed E-state index contributed by atoms with van der Waals surface area (Å²) < 4.78 is 5.41. The quantitative estimate of drug-likeness (QED) is 0.773. The summed E-state index contributed by atoms with van der Waals surface area (Å²) in [5.74, 6) is 0.943. The highest BCUT2D eigenvalue weighted by molar-refractivity contribution is 5.91. The third kappa shape index (κ3) is 3.87.